The summed E-state index contributed by atoms with van der Waals surface area (Å²) in [7, 11) is 1.69. The van der Waals surface area contributed by atoms with Crippen LogP contribution in [-0.2, 0) is 30.2 Å². The van der Waals surface area contributed by atoms with Crippen LogP contribution >= 0.6 is 22.9 Å². The molecule has 1 saturated carbocycles. The second-order valence-electron chi connectivity index (χ2n) is 13.3. The summed E-state index contributed by atoms with van der Waals surface area (Å²) in [6.45, 7) is 5.49. The van der Waals surface area contributed by atoms with Crippen LogP contribution in [0, 0.1) is 17.7 Å². The first kappa shape index (κ1) is 35.9. The van der Waals surface area contributed by atoms with E-state index in [9.17, 15) is 14.4 Å². The molecule has 2 saturated heterocycles. The molecule has 3 aromatic rings. The second kappa shape index (κ2) is 16.0. The molecule has 264 valence electrons. The lowest BCUT2D eigenvalue weighted by Crippen LogP contribution is -2.73. The van der Waals surface area contributed by atoms with Crippen LogP contribution in [0.25, 0.3) is 10.1 Å². The first-order chi connectivity index (χ1) is 23.7. The number of ether oxygens (including phenoxy) is 3. The van der Waals surface area contributed by atoms with Crippen molar-refractivity contribution >= 4 is 56.4 Å². The topological polar surface area (TPSA) is 97.4 Å². The fourth-order valence-corrected chi connectivity index (χ4v) is 8.61. The van der Waals surface area contributed by atoms with Crippen molar-refractivity contribution in [2.75, 3.05) is 51.8 Å². The van der Waals surface area contributed by atoms with Gasteiger partial charge < -0.3 is 19.5 Å². The molecule has 1 amide bonds. The lowest BCUT2D eigenvalue weighted by Gasteiger charge is -2.55. The summed E-state index contributed by atoms with van der Waals surface area (Å²) in [6.07, 6.45) is 4.77. The number of Topliss-reactive ketones (excluding diaryl/α,β-unsaturated/α-hetero) is 1. The molecule has 3 fully saturated rings. The van der Waals surface area contributed by atoms with E-state index in [2.05, 4.69) is 15.1 Å². The molecule has 6 rings (SSSR count). The van der Waals surface area contributed by atoms with Gasteiger partial charge in [-0.3, -0.25) is 24.2 Å². The van der Waals surface area contributed by atoms with Gasteiger partial charge in [0, 0.05) is 61.8 Å². The van der Waals surface area contributed by atoms with E-state index >= 15 is 4.39 Å². The van der Waals surface area contributed by atoms with Gasteiger partial charge in [-0.2, -0.15) is 0 Å². The molecule has 0 radical (unpaired) electrons. The first-order valence-corrected chi connectivity index (χ1v) is 18.6. The third-order valence-corrected chi connectivity index (χ3v) is 11.5. The number of amides is 1. The Morgan fingerprint density at radius 2 is 1.78 bits per heavy atom. The van der Waals surface area contributed by atoms with Gasteiger partial charge in [0.2, 0.25) is 5.85 Å². The molecule has 1 atom stereocenters. The number of nitrogens with one attached hydrogen (secondary N) is 1. The third-order valence-electron chi connectivity index (χ3n) is 10.1. The average molecular weight is 714 g/mol. The highest BCUT2D eigenvalue weighted by Gasteiger charge is 2.55. The molecule has 3 heterocycles. The van der Waals surface area contributed by atoms with Crippen molar-refractivity contribution in [3.05, 3.63) is 63.7 Å². The molecule has 9 nitrogen and oxygen atoms in total. The van der Waals surface area contributed by atoms with Crippen LogP contribution in [0.3, 0.4) is 0 Å². The molecule has 1 aromatic heterocycles. The van der Waals surface area contributed by atoms with Crippen molar-refractivity contribution in [1.29, 1.82) is 0 Å². The highest BCUT2D eigenvalue weighted by molar-refractivity contribution is 7.17. The van der Waals surface area contributed by atoms with Gasteiger partial charge in [-0.1, -0.05) is 35.9 Å². The normalized spacial score (nSPS) is 21.7. The van der Waals surface area contributed by atoms with Crippen LogP contribution in [-0.4, -0.2) is 85.9 Å². The Hall–Kier alpha value is -2.93. The molecule has 0 bridgehead atoms. The van der Waals surface area contributed by atoms with Gasteiger partial charge in [0.25, 0.3) is 5.91 Å². The first-order valence-electron chi connectivity index (χ1n) is 17.4. The Morgan fingerprint density at radius 1 is 1.04 bits per heavy atom. The monoisotopic (exact) mass is 713 g/mol. The standard InChI is InChI=1S/C37H45ClFN3O6S/c1-3-47-36(45)25-10-13-27(14-11-25)48-37(41-17-6-7-18-41,42-21-24(22-42)16-19-46-2)32(43)20-26-12-15-30(33(38)34(26)39)40-35(44)29-23-49-31-9-5-4-8-28(29)31/h4-5,8-9,12,15,23-25,27H,3,6-7,10-11,13-14,16-22H2,1-2H3,(H,40,44). The maximum absolute atomic E-state index is 16.0. The van der Waals surface area contributed by atoms with Crippen LogP contribution in [0.2, 0.25) is 5.02 Å². The second-order valence-corrected chi connectivity index (χ2v) is 14.6. The van der Waals surface area contributed by atoms with Crippen molar-refractivity contribution in [2.45, 2.75) is 70.2 Å². The van der Waals surface area contributed by atoms with Gasteiger partial charge in [0.05, 0.1) is 29.9 Å². The summed E-state index contributed by atoms with van der Waals surface area (Å²) in [5, 5.41) is 5.10. The molecular weight excluding hydrogens is 669 g/mol. The quantitative estimate of drug-likeness (QED) is 0.180. The Balaban J connectivity index is 1.23. The van der Waals surface area contributed by atoms with Gasteiger partial charge in [-0.25, -0.2) is 4.39 Å². The zero-order chi connectivity index (χ0) is 34.5. The number of carbonyl (C=O) groups is 3. The van der Waals surface area contributed by atoms with Gasteiger partial charge in [-0.15, -0.1) is 11.3 Å². The van der Waals surface area contributed by atoms with Gasteiger partial charge in [0.15, 0.2) is 5.78 Å². The Kier molecular flexibility index (Phi) is 11.7. The molecule has 2 aliphatic heterocycles. The number of nitrogens with zero attached hydrogens (tertiary/aromatic N) is 2. The summed E-state index contributed by atoms with van der Waals surface area (Å²) in [6, 6.07) is 10.7. The number of esters is 1. The fourth-order valence-electron chi connectivity index (χ4n) is 7.43. The number of ketones is 1. The SMILES string of the molecule is CCOC(=O)C1CCC(OC(C(=O)Cc2ccc(NC(=O)c3csc4ccccc34)c(Cl)c2F)(N2CCCC2)N2CC(CCOC)C2)CC1. The van der Waals surface area contributed by atoms with E-state index in [1.807, 2.05) is 31.2 Å². The molecule has 2 aromatic carbocycles. The fraction of sp³-hybridized carbons (Fsp3) is 0.541. The predicted octanol–water partition coefficient (Wildman–Crippen LogP) is 6.91. The third kappa shape index (κ3) is 7.57. The number of hydrogen-bond donors (Lipinski definition) is 1. The summed E-state index contributed by atoms with van der Waals surface area (Å²) in [4.78, 5) is 44.6. The van der Waals surface area contributed by atoms with Gasteiger partial charge in [-0.05, 0) is 75.5 Å². The Morgan fingerprint density at radius 3 is 2.49 bits per heavy atom. The molecule has 1 aliphatic carbocycles. The van der Waals surface area contributed by atoms with Crippen molar-refractivity contribution in [2.24, 2.45) is 11.8 Å². The summed E-state index contributed by atoms with van der Waals surface area (Å²) in [5.41, 5.74) is 0.766. The van der Waals surface area contributed by atoms with Crippen molar-refractivity contribution in [3.63, 3.8) is 0 Å². The number of likely N-dealkylation sites (tertiary alicyclic amines) is 2. The molecular formula is C37H45ClFN3O6S. The van der Waals surface area contributed by atoms with E-state index in [0.717, 1.165) is 29.3 Å². The Labute approximate surface area is 296 Å². The molecule has 3 aliphatic rings. The van der Waals surface area contributed by atoms with Crippen LogP contribution in [0.4, 0.5) is 10.1 Å². The highest BCUT2D eigenvalue weighted by Crippen LogP contribution is 2.40. The van der Waals surface area contributed by atoms with E-state index in [1.54, 1.807) is 18.6 Å². The number of benzene rings is 2. The molecule has 12 heteroatoms. The zero-order valence-electron chi connectivity index (χ0n) is 28.2. The molecule has 0 spiro atoms. The average Bonchev–Trinajstić information content (AvgIpc) is 3.78. The molecule has 1 N–H and O–H groups in total. The number of methoxy groups -OCH3 is 1. The maximum atomic E-state index is 16.0. The van der Waals surface area contributed by atoms with E-state index in [-0.39, 0.29) is 52.4 Å². The number of anilines is 1. The van der Waals surface area contributed by atoms with Crippen LogP contribution in [0.15, 0.2) is 41.8 Å². The number of thiophene rings is 1. The van der Waals surface area contributed by atoms with Crippen molar-refractivity contribution in [3.8, 4) is 0 Å². The van der Waals surface area contributed by atoms with E-state index in [4.69, 9.17) is 25.8 Å². The molecule has 49 heavy (non-hydrogen) atoms. The van der Waals surface area contributed by atoms with Gasteiger partial charge >= 0.3 is 5.97 Å². The van der Waals surface area contributed by atoms with Crippen LogP contribution in [0.5, 0.6) is 0 Å². The lowest BCUT2D eigenvalue weighted by molar-refractivity contribution is -0.276. The van der Waals surface area contributed by atoms with Gasteiger partial charge in [0.1, 0.15) is 10.8 Å². The largest absolute Gasteiger partial charge is 0.466 e. The Bertz CT molecular complexity index is 1650. The van der Waals surface area contributed by atoms with E-state index in [0.29, 0.717) is 76.6 Å². The maximum Gasteiger partial charge on any atom is 0.308 e. The minimum Gasteiger partial charge on any atom is -0.466 e. The van der Waals surface area contributed by atoms with E-state index < -0.39 is 11.7 Å². The minimum atomic E-state index is -1.37. The number of fused-ring (bicyclic) bond motifs is 1. The van der Waals surface area contributed by atoms with E-state index in [1.165, 1.54) is 17.4 Å². The summed E-state index contributed by atoms with van der Waals surface area (Å²) in [5.74, 6) is -2.74. The minimum absolute atomic E-state index is 0.139. The van der Waals surface area contributed by atoms with Crippen LogP contribution in [0.1, 0.15) is 67.8 Å². The summed E-state index contributed by atoms with van der Waals surface area (Å²) >= 11 is 7.99. The van der Waals surface area contributed by atoms with Crippen molar-refractivity contribution < 1.29 is 33.0 Å². The van der Waals surface area contributed by atoms with Crippen molar-refractivity contribution in [1.82, 2.24) is 9.80 Å². The number of rotatable bonds is 14. The molecule has 1 unspecified atom stereocenters. The zero-order valence-corrected chi connectivity index (χ0v) is 29.8. The predicted molar refractivity (Wildman–Crippen MR) is 188 cm³/mol. The highest BCUT2D eigenvalue weighted by atomic mass is 35.5. The summed E-state index contributed by atoms with van der Waals surface area (Å²) < 4.78 is 34.5. The lowest BCUT2D eigenvalue weighted by atomic mass is 9.87. The van der Waals surface area contributed by atoms with Crippen LogP contribution < -0.4 is 5.32 Å². The smallest absolute Gasteiger partial charge is 0.308 e. The number of hydrogen-bond acceptors (Lipinski definition) is 9. The number of carbonyl (C=O) groups excluding carboxylic acids is 3. The number of halogens is 2.